The number of hydrogen-bond acceptors (Lipinski definition) is 4. The largest absolute Gasteiger partial charge is 0.459 e. The van der Waals surface area contributed by atoms with Crippen molar-refractivity contribution in [1.29, 1.82) is 0 Å². The molecule has 0 aliphatic carbocycles. The number of carbonyl (C=O) groups excluding carboxylic acids is 1. The van der Waals surface area contributed by atoms with Gasteiger partial charge in [0.2, 0.25) is 0 Å². The number of pyridine rings is 1. The fourth-order valence-electron chi connectivity index (χ4n) is 0.700. The maximum Gasteiger partial charge on any atom is 0.384 e. The minimum atomic E-state index is -0.574. The van der Waals surface area contributed by atoms with Crippen LogP contribution in [0.3, 0.4) is 0 Å². The first-order valence-electron chi connectivity index (χ1n) is 3.54. The molecule has 0 aliphatic rings. The molecule has 13 heavy (non-hydrogen) atoms. The lowest BCUT2D eigenvalue weighted by molar-refractivity contribution is -0.133. The highest BCUT2D eigenvalue weighted by Crippen LogP contribution is 2.00. The van der Waals surface area contributed by atoms with Gasteiger partial charge >= 0.3 is 5.97 Å². The van der Waals surface area contributed by atoms with Crippen molar-refractivity contribution in [2.24, 2.45) is 0 Å². The fourth-order valence-corrected chi connectivity index (χ4v) is 0.700. The zero-order valence-corrected chi connectivity index (χ0v) is 7.07. The van der Waals surface area contributed by atoms with Gasteiger partial charge in [-0.1, -0.05) is 5.92 Å². The summed E-state index contributed by atoms with van der Waals surface area (Å²) in [6.45, 7) is 0. The Kier molecular flexibility index (Phi) is 2.87. The molecular weight excluding hydrogens is 168 g/mol. The summed E-state index contributed by atoms with van der Waals surface area (Å²) in [6.07, 6.45) is 1.52. The average Bonchev–Trinajstić information content (AvgIpc) is 2.14. The zero-order valence-electron chi connectivity index (χ0n) is 7.07. The number of hydrogen-bond donors (Lipinski definition) is 1. The number of nitrogens with zero attached hydrogens (tertiary/aromatic N) is 1. The van der Waals surface area contributed by atoms with Gasteiger partial charge in [0.25, 0.3) is 0 Å². The van der Waals surface area contributed by atoms with E-state index < -0.39 is 5.97 Å². The molecule has 1 rings (SSSR count). The Hall–Kier alpha value is -2.02. The molecule has 0 unspecified atom stereocenters. The molecule has 66 valence electrons. The van der Waals surface area contributed by atoms with Crippen LogP contribution >= 0.6 is 0 Å². The fraction of sp³-hybridized carbons (Fsp3) is 0.111. The predicted molar refractivity (Wildman–Crippen MR) is 47.5 cm³/mol. The van der Waals surface area contributed by atoms with E-state index in [1.54, 1.807) is 12.1 Å². The second-order valence-electron chi connectivity index (χ2n) is 2.21. The molecule has 1 heterocycles. The molecule has 4 nitrogen and oxygen atoms in total. The van der Waals surface area contributed by atoms with Crippen LogP contribution in [0.1, 0.15) is 5.56 Å². The number of ether oxygens (including phenoxy) is 1. The summed E-state index contributed by atoms with van der Waals surface area (Å²) in [5.74, 6) is 4.67. The Bertz CT molecular complexity index is 377. The van der Waals surface area contributed by atoms with Crippen LogP contribution in [0.4, 0.5) is 5.82 Å². The molecule has 0 saturated heterocycles. The van der Waals surface area contributed by atoms with Gasteiger partial charge in [-0.05, 0) is 12.1 Å². The Morgan fingerprint density at radius 1 is 1.69 bits per heavy atom. The highest BCUT2D eigenvalue weighted by atomic mass is 16.5. The second kappa shape index (κ2) is 4.12. The van der Waals surface area contributed by atoms with Crippen molar-refractivity contribution < 1.29 is 9.53 Å². The van der Waals surface area contributed by atoms with Crippen molar-refractivity contribution in [2.75, 3.05) is 12.8 Å². The van der Waals surface area contributed by atoms with Crippen LogP contribution in [0.2, 0.25) is 0 Å². The first-order valence-corrected chi connectivity index (χ1v) is 3.54. The average molecular weight is 176 g/mol. The van der Waals surface area contributed by atoms with E-state index in [9.17, 15) is 4.79 Å². The highest BCUT2D eigenvalue weighted by Gasteiger charge is 1.91. The highest BCUT2D eigenvalue weighted by molar-refractivity contribution is 5.89. The Labute approximate surface area is 75.7 Å². The van der Waals surface area contributed by atoms with Crippen LogP contribution in [0.25, 0.3) is 0 Å². The number of esters is 1. The third kappa shape index (κ3) is 2.83. The molecule has 1 aromatic heterocycles. The van der Waals surface area contributed by atoms with Crippen molar-refractivity contribution in [2.45, 2.75) is 0 Å². The molecule has 2 N–H and O–H groups in total. The third-order valence-corrected chi connectivity index (χ3v) is 1.28. The number of anilines is 1. The van der Waals surface area contributed by atoms with Gasteiger partial charge in [0.1, 0.15) is 5.82 Å². The topological polar surface area (TPSA) is 65.2 Å². The van der Waals surface area contributed by atoms with E-state index >= 15 is 0 Å². The van der Waals surface area contributed by atoms with E-state index in [1.807, 2.05) is 0 Å². The minimum Gasteiger partial charge on any atom is -0.459 e. The maximum absolute atomic E-state index is 10.6. The molecular formula is C9H8N2O2. The van der Waals surface area contributed by atoms with Gasteiger partial charge in [-0.2, -0.15) is 0 Å². The summed E-state index contributed by atoms with van der Waals surface area (Å²) in [6, 6.07) is 3.24. The van der Waals surface area contributed by atoms with Gasteiger partial charge in [0.05, 0.1) is 7.11 Å². The summed E-state index contributed by atoms with van der Waals surface area (Å²) in [5.41, 5.74) is 6.04. The summed E-state index contributed by atoms with van der Waals surface area (Å²) in [7, 11) is 1.28. The van der Waals surface area contributed by atoms with Crippen molar-refractivity contribution in [3.63, 3.8) is 0 Å². The Morgan fingerprint density at radius 3 is 3.08 bits per heavy atom. The SMILES string of the molecule is COC(=O)C#Cc1ccnc(N)c1. The van der Waals surface area contributed by atoms with Gasteiger partial charge < -0.3 is 10.5 Å². The third-order valence-electron chi connectivity index (χ3n) is 1.28. The lowest BCUT2D eigenvalue weighted by Crippen LogP contribution is -1.95. The monoisotopic (exact) mass is 176 g/mol. The second-order valence-corrected chi connectivity index (χ2v) is 2.21. The predicted octanol–water partition coefficient (Wildman–Crippen LogP) is 0.188. The van der Waals surface area contributed by atoms with E-state index in [2.05, 4.69) is 21.6 Å². The van der Waals surface area contributed by atoms with Gasteiger partial charge in [-0.3, -0.25) is 0 Å². The molecule has 4 heteroatoms. The molecule has 0 radical (unpaired) electrons. The van der Waals surface area contributed by atoms with Crippen LogP contribution in [-0.2, 0) is 9.53 Å². The quantitative estimate of drug-likeness (QED) is 0.452. The molecule has 0 fully saturated rings. The lowest BCUT2D eigenvalue weighted by atomic mass is 10.2. The Morgan fingerprint density at radius 2 is 2.46 bits per heavy atom. The van der Waals surface area contributed by atoms with E-state index in [1.165, 1.54) is 13.3 Å². The van der Waals surface area contributed by atoms with E-state index in [0.29, 0.717) is 11.4 Å². The van der Waals surface area contributed by atoms with Crippen LogP contribution in [0.15, 0.2) is 18.3 Å². The van der Waals surface area contributed by atoms with Crippen LogP contribution in [-0.4, -0.2) is 18.1 Å². The summed E-state index contributed by atoms with van der Waals surface area (Å²) in [4.78, 5) is 14.4. The van der Waals surface area contributed by atoms with Crippen LogP contribution in [0, 0.1) is 11.8 Å². The van der Waals surface area contributed by atoms with Gasteiger partial charge in [0.15, 0.2) is 0 Å². The van der Waals surface area contributed by atoms with Crippen molar-refractivity contribution in [3.05, 3.63) is 23.9 Å². The van der Waals surface area contributed by atoms with Crippen molar-refractivity contribution in [3.8, 4) is 11.8 Å². The lowest BCUT2D eigenvalue weighted by Gasteiger charge is -1.91. The molecule has 0 bridgehead atoms. The number of methoxy groups -OCH3 is 1. The normalized spacial score (nSPS) is 8.38. The minimum absolute atomic E-state index is 0.372. The number of nitrogen functional groups attached to an aromatic ring is 1. The number of nitrogens with two attached hydrogens (primary N) is 1. The molecule has 0 atom stereocenters. The summed E-state index contributed by atoms with van der Waals surface area (Å²) < 4.78 is 4.34. The summed E-state index contributed by atoms with van der Waals surface area (Å²) in [5, 5.41) is 0. The Balaban J connectivity index is 2.83. The smallest absolute Gasteiger partial charge is 0.384 e. The van der Waals surface area contributed by atoms with Crippen molar-refractivity contribution >= 4 is 11.8 Å². The van der Waals surface area contributed by atoms with Gasteiger partial charge in [0, 0.05) is 17.7 Å². The number of rotatable bonds is 0. The molecule has 0 saturated carbocycles. The van der Waals surface area contributed by atoms with Crippen LogP contribution in [0.5, 0.6) is 0 Å². The van der Waals surface area contributed by atoms with E-state index in [4.69, 9.17) is 5.73 Å². The molecule has 0 amide bonds. The summed E-state index contributed by atoms with van der Waals surface area (Å²) >= 11 is 0. The zero-order chi connectivity index (χ0) is 9.68. The van der Waals surface area contributed by atoms with E-state index in [-0.39, 0.29) is 0 Å². The maximum atomic E-state index is 10.6. The molecule has 1 aromatic rings. The van der Waals surface area contributed by atoms with E-state index in [0.717, 1.165) is 0 Å². The molecule has 0 aliphatic heterocycles. The first-order chi connectivity index (χ1) is 6.22. The molecule has 0 aromatic carbocycles. The van der Waals surface area contributed by atoms with Crippen molar-refractivity contribution in [1.82, 2.24) is 4.98 Å². The number of aromatic nitrogens is 1. The number of carbonyl (C=O) groups is 1. The van der Waals surface area contributed by atoms with Crippen LogP contribution < -0.4 is 5.73 Å². The van der Waals surface area contributed by atoms with Gasteiger partial charge in [-0.15, -0.1) is 0 Å². The first kappa shape index (κ1) is 9.07. The standard InChI is InChI=1S/C9H8N2O2/c1-13-9(12)3-2-7-4-5-11-8(10)6-7/h4-6H,1H3,(H2,10,11). The molecule has 0 spiro atoms. The van der Waals surface area contributed by atoms with Gasteiger partial charge in [-0.25, -0.2) is 9.78 Å².